The molecule has 0 aliphatic rings. The summed E-state index contributed by atoms with van der Waals surface area (Å²) in [6, 6.07) is 0. The fourth-order valence-electron chi connectivity index (χ4n) is 3.32. The van der Waals surface area contributed by atoms with Gasteiger partial charge in [-0.05, 0) is 43.9 Å². The highest BCUT2D eigenvalue weighted by Gasteiger charge is 2.36. The van der Waals surface area contributed by atoms with Gasteiger partial charge in [0.2, 0.25) is 0 Å². The van der Waals surface area contributed by atoms with Gasteiger partial charge in [0.05, 0.1) is 12.0 Å². The average Bonchev–Trinajstić information content (AvgIpc) is 2.36. The highest BCUT2D eigenvalue weighted by molar-refractivity contribution is 5.76. The molecular formula is C19H38O2. The summed E-state index contributed by atoms with van der Waals surface area (Å²) in [7, 11) is 0. The molecule has 2 nitrogen and oxygen atoms in total. The summed E-state index contributed by atoms with van der Waals surface area (Å²) < 4.78 is 5.72. The molecule has 0 aliphatic heterocycles. The second-order valence-electron chi connectivity index (χ2n) is 7.77. The number of hydrogen-bond acceptors (Lipinski definition) is 2. The molecule has 0 rings (SSSR count). The molecular weight excluding hydrogens is 260 g/mol. The lowest BCUT2D eigenvalue weighted by Crippen LogP contribution is -2.34. The van der Waals surface area contributed by atoms with Crippen LogP contribution in [0.1, 0.15) is 87.0 Å². The summed E-state index contributed by atoms with van der Waals surface area (Å²) in [6.07, 6.45) is 6.53. The summed E-state index contributed by atoms with van der Waals surface area (Å²) in [5, 5.41) is 0. The molecule has 0 heterocycles. The third-order valence-electron chi connectivity index (χ3n) is 4.20. The molecule has 21 heavy (non-hydrogen) atoms. The van der Waals surface area contributed by atoms with E-state index in [9.17, 15) is 4.79 Å². The molecule has 126 valence electrons. The fourth-order valence-corrected chi connectivity index (χ4v) is 3.32. The number of esters is 1. The van der Waals surface area contributed by atoms with Crippen molar-refractivity contribution < 1.29 is 9.53 Å². The molecule has 0 bridgehead atoms. The van der Waals surface area contributed by atoms with E-state index < -0.39 is 0 Å². The second-order valence-corrected chi connectivity index (χ2v) is 7.77. The molecule has 0 aromatic carbocycles. The molecule has 1 unspecified atom stereocenters. The first-order valence-corrected chi connectivity index (χ1v) is 8.92. The average molecular weight is 299 g/mol. The Bertz CT molecular complexity index is 271. The van der Waals surface area contributed by atoms with Crippen LogP contribution >= 0.6 is 0 Å². The predicted octanol–water partition coefficient (Wildman–Crippen LogP) is 5.84. The summed E-state index contributed by atoms with van der Waals surface area (Å²) in [6.45, 7) is 15.8. The molecule has 0 aliphatic carbocycles. The van der Waals surface area contributed by atoms with Gasteiger partial charge in [-0.1, -0.05) is 60.8 Å². The van der Waals surface area contributed by atoms with E-state index in [1.807, 2.05) is 0 Å². The summed E-state index contributed by atoms with van der Waals surface area (Å²) in [5.41, 5.74) is -0.328. The third-order valence-corrected chi connectivity index (χ3v) is 4.20. The van der Waals surface area contributed by atoms with Crippen molar-refractivity contribution >= 4 is 5.97 Å². The van der Waals surface area contributed by atoms with E-state index in [2.05, 4.69) is 48.5 Å². The van der Waals surface area contributed by atoms with Gasteiger partial charge in [0, 0.05) is 0 Å². The Labute approximate surface area is 133 Å². The van der Waals surface area contributed by atoms with Crippen LogP contribution < -0.4 is 0 Å². The van der Waals surface area contributed by atoms with Crippen molar-refractivity contribution in [2.45, 2.75) is 87.0 Å². The van der Waals surface area contributed by atoms with Gasteiger partial charge in [-0.15, -0.1) is 0 Å². The van der Waals surface area contributed by atoms with Crippen LogP contribution in [0.4, 0.5) is 0 Å². The molecule has 0 amide bonds. The molecule has 2 heteroatoms. The summed E-state index contributed by atoms with van der Waals surface area (Å²) in [5.74, 6) is 1.57. The minimum Gasteiger partial charge on any atom is -0.465 e. The van der Waals surface area contributed by atoms with Gasteiger partial charge in [-0.2, -0.15) is 0 Å². The van der Waals surface area contributed by atoms with Crippen molar-refractivity contribution in [1.29, 1.82) is 0 Å². The SMILES string of the molecule is CCCCC(CC)COC(=O)C(C)(CC(C)C)CC(C)C. The van der Waals surface area contributed by atoms with Crippen LogP contribution in [0.2, 0.25) is 0 Å². The first-order chi connectivity index (χ1) is 9.75. The Kier molecular flexibility index (Phi) is 9.98. The molecule has 0 radical (unpaired) electrons. The number of ether oxygens (including phenoxy) is 1. The first-order valence-electron chi connectivity index (χ1n) is 8.92. The minimum absolute atomic E-state index is 0.0137. The lowest BCUT2D eigenvalue weighted by molar-refractivity contribution is -0.158. The van der Waals surface area contributed by atoms with Gasteiger partial charge < -0.3 is 4.74 Å². The Morgan fingerprint density at radius 1 is 1.05 bits per heavy atom. The van der Waals surface area contributed by atoms with Crippen molar-refractivity contribution in [3.63, 3.8) is 0 Å². The second kappa shape index (κ2) is 10.2. The monoisotopic (exact) mass is 298 g/mol. The Morgan fingerprint density at radius 3 is 1.95 bits per heavy atom. The number of carbonyl (C=O) groups is 1. The molecule has 0 fully saturated rings. The zero-order valence-electron chi connectivity index (χ0n) is 15.5. The number of hydrogen-bond donors (Lipinski definition) is 0. The van der Waals surface area contributed by atoms with Gasteiger partial charge in [0.1, 0.15) is 0 Å². The topological polar surface area (TPSA) is 26.3 Å². The Balaban J connectivity index is 4.59. The van der Waals surface area contributed by atoms with E-state index in [0.29, 0.717) is 24.4 Å². The standard InChI is InChI=1S/C19H38O2/c1-8-10-11-17(9-2)14-21-18(20)19(7,12-15(3)4)13-16(5)6/h15-17H,8-14H2,1-7H3. The van der Waals surface area contributed by atoms with Crippen LogP contribution in [-0.4, -0.2) is 12.6 Å². The fraction of sp³-hybridized carbons (Fsp3) is 0.947. The predicted molar refractivity (Wildman–Crippen MR) is 91.3 cm³/mol. The van der Waals surface area contributed by atoms with Crippen molar-refractivity contribution in [3.8, 4) is 0 Å². The molecule has 0 aromatic rings. The quantitative estimate of drug-likeness (QED) is 0.448. The van der Waals surface area contributed by atoms with E-state index in [0.717, 1.165) is 19.3 Å². The van der Waals surface area contributed by atoms with Crippen molar-refractivity contribution in [1.82, 2.24) is 0 Å². The Morgan fingerprint density at radius 2 is 1.57 bits per heavy atom. The molecule has 1 atom stereocenters. The van der Waals surface area contributed by atoms with Crippen molar-refractivity contribution in [2.24, 2.45) is 23.2 Å². The van der Waals surface area contributed by atoms with Crippen molar-refractivity contribution in [3.05, 3.63) is 0 Å². The van der Waals surface area contributed by atoms with E-state index >= 15 is 0 Å². The number of rotatable bonds is 11. The molecule has 0 N–H and O–H groups in total. The lowest BCUT2D eigenvalue weighted by atomic mass is 9.76. The van der Waals surface area contributed by atoms with E-state index in [4.69, 9.17) is 4.74 Å². The smallest absolute Gasteiger partial charge is 0.311 e. The van der Waals surface area contributed by atoms with Crippen LogP contribution in [0, 0.1) is 23.2 Å². The summed E-state index contributed by atoms with van der Waals surface area (Å²) >= 11 is 0. The van der Waals surface area contributed by atoms with Crippen LogP contribution in [0.3, 0.4) is 0 Å². The number of carbonyl (C=O) groups excluding carboxylic acids is 1. The summed E-state index contributed by atoms with van der Waals surface area (Å²) in [4.78, 5) is 12.6. The maximum absolute atomic E-state index is 12.6. The highest BCUT2D eigenvalue weighted by atomic mass is 16.5. The van der Waals surface area contributed by atoms with E-state index in [1.54, 1.807) is 0 Å². The van der Waals surface area contributed by atoms with Gasteiger partial charge in [-0.25, -0.2) is 0 Å². The zero-order valence-corrected chi connectivity index (χ0v) is 15.5. The zero-order chi connectivity index (χ0) is 16.5. The minimum atomic E-state index is -0.328. The van der Waals surface area contributed by atoms with E-state index in [1.165, 1.54) is 19.3 Å². The third kappa shape index (κ3) is 8.48. The van der Waals surface area contributed by atoms with Gasteiger partial charge in [0.15, 0.2) is 0 Å². The van der Waals surface area contributed by atoms with E-state index in [-0.39, 0.29) is 11.4 Å². The maximum atomic E-state index is 12.6. The van der Waals surface area contributed by atoms with Gasteiger partial charge >= 0.3 is 5.97 Å². The van der Waals surface area contributed by atoms with Gasteiger partial charge in [0.25, 0.3) is 0 Å². The van der Waals surface area contributed by atoms with Crippen LogP contribution in [0.5, 0.6) is 0 Å². The maximum Gasteiger partial charge on any atom is 0.311 e. The van der Waals surface area contributed by atoms with Gasteiger partial charge in [-0.3, -0.25) is 4.79 Å². The molecule has 0 saturated carbocycles. The molecule has 0 spiro atoms. The first kappa shape index (κ1) is 20.5. The molecule has 0 saturated heterocycles. The Hall–Kier alpha value is -0.530. The lowest BCUT2D eigenvalue weighted by Gasteiger charge is -2.31. The van der Waals surface area contributed by atoms with Crippen LogP contribution in [-0.2, 0) is 9.53 Å². The largest absolute Gasteiger partial charge is 0.465 e. The highest BCUT2D eigenvalue weighted by Crippen LogP contribution is 2.35. The normalized spacial score (nSPS) is 13.8. The number of unbranched alkanes of at least 4 members (excludes halogenated alkanes) is 1. The van der Waals surface area contributed by atoms with Crippen LogP contribution in [0.15, 0.2) is 0 Å². The molecule has 0 aromatic heterocycles. The van der Waals surface area contributed by atoms with Crippen LogP contribution in [0.25, 0.3) is 0 Å². The van der Waals surface area contributed by atoms with Crippen molar-refractivity contribution in [2.75, 3.05) is 6.61 Å².